The Balaban J connectivity index is 1.67. The summed E-state index contributed by atoms with van der Waals surface area (Å²) in [5.74, 6) is -2.30. The molecule has 126 valence electrons. The van der Waals surface area contributed by atoms with Gasteiger partial charge in [0.1, 0.15) is 0 Å². The number of nitrogens with one attached hydrogen (secondary N) is 2. The van der Waals surface area contributed by atoms with Crippen LogP contribution in [0.15, 0.2) is 72.8 Å². The molecule has 0 atom stereocenters. The number of hydrogen-bond donors (Lipinski definition) is 2. The first kappa shape index (κ1) is 16.6. The third-order valence-corrected chi connectivity index (χ3v) is 3.65. The molecule has 0 spiro atoms. The maximum atomic E-state index is 13.2. The maximum absolute atomic E-state index is 13.2. The van der Waals surface area contributed by atoms with Crippen molar-refractivity contribution in [3.8, 4) is 11.1 Å². The van der Waals surface area contributed by atoms with Crippen molar-refractivity contribution in [2.45, 2.75) is 0 Å². The smallest absolute Gasteiger partial charge is 0.243 e. The van der Waals surface area contributed by atoms with Gasteiger partial charge in [0, 0.05) is 23.0 Å². The largest absolute Gasteiger partial charge is 0.376 e. The van der Waals surface area contributed by atoms with E-state index in [1.807, 2.05) is 54.6 Å². The maximum Gasteiger partial charge on any atom is 0.243 e. The number of amides is 1. The molecular formula is C20H16F2N2O. The Morgan fingerprint density at radius 2 is 1.56 bits per heavy atom. The third kappa shape index (κ3) is 4.20. The Morgan fingerprint density at radius 3 is 2.32 bits per heavy atom. The van der Waals surface area contributed by atoms with E-state index in [9.17, 15) is 13.6 Å². The van der Waals surface area contributed by atoms with Crippen molar-refractivity contribution in [3.05, 3.63) is 84.4 Å². The molecule has 3 nitrogen and oxygen atoms in total. The van der Waals surface area contributed by atoms with Crippen LogP contribution in [0.25, 0.3) is 11.1 Å². The SMILES string of the molecule is O=C(CNc1ccccc1-c1ccccc1)Nc1ccc(F)c(F)c1. The Kier molecular flexibility index (Phi) is 5.04. The van der Waals surface area contributed by atoms with E-state index in [-0.39, 0.29) is 18.1 Å². The third-order valence-electron chi connectivity index (χ3n) is 3.65. The quantitative estimate of drug-likeness (QED) is 0.709. The van der Waals surface area contributed by atoms with Gasteiger partial charge in [-0.05, 0) is 23.8 Å². The summed E-state index contributed by atoms with van der Waals surface area (Å²) in [6.45, 7) is 0.00282. The van der Waals surface area contributed by atoms with Crippen molar-refractivity contribution in [1.29, 1.82) is 0 Å². The molecule has 0 aliphatic heterocycles. The van der Waals surface area contributed by atoms with E-state index in [0.717, 1.165) is 28.9 Å². The number of carbonyl (C=O) groups excluding carboxylic acids is 1. The lowest BCUT2D eigenvalue weighted by Gasteiger charge is -2.12. The van der Waals surface area contributed by atoms with Gasteiger partial charge in [0.2, 0.25) is 5.91 Å². The molecular weight excluding hydrogens is 322 g/mol. The molecule has 0 saturated heterocycles. The Hall–Kier alpha value is -3.21. The molecule has 5 heteroatoms. The molecule has 0 fully saturated rings. The van der Waals surface area contributed by atoms with Gasteiger partial charge in [-0.15, -0.1) is 0 Å². The van der Waals surface area contributed by atoms with Crippen LogP contribution in [0.2, 0.25) is 0 Å². The highest BCUT2D eigenvalue weighted by Gasteiger charge is 2.08. The number of halogens is 2. The second-order valence-corrected chi connectivity index (χ2v) is 5.44. The van der Waals surface area contributed by atoms with Gasteiger partial charge >= 0.3 is 0 Å². The van der Waals surface area contributed by atoms with Crippen LogP contribution in [-0.4, -0.2) is 12.5 Å². The van der Waals surface area contributed by atoms with Crippen molar-refractivity contribution in [1.82, 2.24) is 0 Å². The highest BCUT2D eigenvalue weighted by molar-refractivity contribution is 5.94. The average molecular weight is 338 g/mol. The van der Waals surface area contributed by atoms with Gasteiger partial charge in [-0.3, -0.25) is 4.79 Å². The fourth-order valence-electron chi connectivity index (χ4n) is 2.46. The summed E-state index contributed by atoms with van der Waals surface area (Å²) in [4.78, 5) is 12.0. The van der Waals surface area contributed by atoms with Crippen molar-refractivity contribution in [2.75, 3.05) is 17.2 Å². The summed E-state index contributed by atoms with van der Waals surface area (Å²) in [6, 6.07) is 20.7. The van der Waals surface area contributed by atoms with Gasteiger partial charge in [-0.25, -0.2) is 8.78 Å². The highest BCUT2D eigenvalue weighted by Crippen LogP contribution is 2.27. The summed E-state index contributed by atoms with van der Waals surface area (Å²) in [5, 5.41) is 5.61. The Bertz CT molecular complexity index is 882. The van der Waals surface area contributed by atoms with Gasteiger partial charge in [0.05, 0.1) is 6.54 Å². The standard InChI is InChI=1S/C20H16F2N2O/c21-17-11-10-15(12-18(17)22)24-20(25)13-23-19-9-5-4-8-16(19)14-6-2-1-3-7-14/h1-12,23H,13H2,(H,24,25). The predicted octanol–water partition coefficient (Wildman–Crippen LogP) is 4.68. The molecule has 0 saturated carbocycles. The second-order valence-electron chi connectivity index (χ2n) is 5.44. The van der Waals surface area contributed by atoms with Crippen molar-refractivity contribution >= 4 is 17.3 Å². The lowest BCUT2D eigenvalue weighted by atomic mass is 10.0. The normalized spacial score (nSPS) is 10.3. The number of benzene rings is 3. The summed E-state index contributed by atoms with van der Waals surface area (Å²) in [7, 11) is 0. The lowest BCUT2D eigenvalue weighted by molar-refractivity contribution is -0.114. The first-order chi connectivity index (χ1) is 12.1. The highest BCUT2D eigenvalue weighted by atomic mass is 19.2. The molecule has 25 heavy (non-hydrogen) atoms. The number of rotatable bonds is 5. The zero-order valence-corrected chi connectivity index (χ0v) is 13.3. The zero-order chi connectivity index (χ0) is 17.6. The van der Waals surface area contributed by atoms with E-state index < -0.39 is 11.6 Å². The summed E-state index contributed by atoms with van der Waals surface area (Å²) in [5.41, 5.74) is 3.03. The van der Waals surface area contributed by atoms with E-state index in [1.54, 1.807) is 0 Å². The topological polar surface area (TPSA) is 41.1 Å². The van der Waals surface area contributed by atoms with E-state index in [0.29, 0.717) is 0 Å². The van der Waals surface area contributed by atoms with Crippen molar-refractivity contribution < 1.29 is 13.6 Å². The van der Waals surface area contributed by atoms with Gasteiger partial charge in [0.25, 0.3) is 0 Å². The van der Waals surface area contributed by atoms with E-state index >= 15 is 0 Å². The Morgan fingerprint density at radius 1 is 0.840 bits per heavy atom. The molecule has 0 aliphatic carbocycles. The molecule has 0 aromatic heterocycles. The Labute approximate surface area is 144 Å². The molecule has 0 unspecified atom stereocenters. The monoisotopic (exact) mass is 338 g/mol. The minimum Gasteiger partial charge on any atom is -0.376 e. The van der Waals surface area contributed by atoms with Gasteiger partial charge in [0.15, 0.2) is 11.6 Å². The average Bonchev–Trinajstić information content (AvgIpc) is 2.64. The van der Waals surface area contributed by atoms with Crippen molar-refractivity contribution in [2.24, 2.45) is 0 Å². The first-order valence-electron chi connectivity index (χ1n) is 7.77. The molecule has 0 heterocycles. The molecule has 0 bridgehead atoms. The number of carbonyl (C=O) groups is 1. The van der Waals surface area contributed by atoms with Gasteiger partial charge in [-0.2, -0.15) is 0 Å². The van der Waals surface area contributed by atoms with Crippen LogP contribution in [0.4, 0.5) is 20.2 Å². The molecule has 3 rings (SSSR count). The minimum absolute atomic E-state index is 0.00282. The van der Waals surface area contributed by atoms with Crippen LogP contribution in [0.1, 0.15) is 0 Å². The summed E-state index contributed by atoms with van der Waals surface area (Å²) in [6.07, 6.45) is 0. The van der Waals surface area contributed by atoms with E-state index in [4.69, 9.17) is 0 Å². The fourth-order valence-corrected chi connectivity index (χ4v) is 2.46. The van der Waals surface area contributed by atoms with Gasteiger partial charge < -0.3 is 10.6 Å². The van der Waals surface area contributed by atoms with Crippen LogP contribution in [0.5, 0.6) is 0 Å². The second kappa shape index (κ2) is 7.57. The molecule has 2 N–H and O–H groups in total. The van der Waals surface area contributed by atoms with Crippen LogP contribution >= 0.6 is 0 Å². The minimum atomic E-state index is -1.000. The lowest BCUT2D eigenvalue weighted by Crippen LogP contribution is -2.22. The molecule has 0 radical (unpaired) electrons. The number of para-hydroxylation sites is 1. The molecule has 3 aromatic rings. The molecule has 1 amide bonds. The molecule has 0 aliphatic rings. The van der Waals surface area contributed by atoms with Crippen LogP contribution in [0.3, 0.4) is 0 Å². The zero-order valence-electron chi connectivity index (χ0n) is 13.3. The summed E-state index contributed by atoms with van der Waals surface area (Å²) < 4.78 is 26.1. The van der Waals surface area contributed by atoms with E-state index in [2.05, 4.69) is 10.6 Å². The van der Waals surface area contributed by atoms with Crippen molar-refractivity contribution in [3.63, 3.8) is 0 Å². The van der Waals surface area contributed by atoms with E-state index in [1.165, 1.54) is 6.07 Å². The predicted molar refractivity (Wildman–Crippen MR) is 95.4 cm³/mol. The van der Waals surface area contributed by atoms with Gasteiger partial charge in [-0.1, -0.05) is 48.5 Å². The van der Waals surface area contributed by atoms with Crippen LogP contribution in [0, 0.1) is 11.6 Å². The number of hydrogen-bond acceptors (Lipinski definition) is 2. The number of anilines is 2. The summed E-state index contributed by atoms with van der Waals surface area (Å²) >= 11 is 0. The van der Waals surface area contributed by atoms with Crippen LogP contribution < -0.4 is 10.6 Å². The fraction of sp³-hybridized carbons (Fsp3) is 0.0500. The van der Waals surface area contributed by atoms with Crippen LogP contribution in [-0.2, 0) is 4.79 Å². The first-order valence-corrected chi connectivity index (χ1v) is 7.77. The molecule has 3 aromatic carbocycles.